The molecule has 1 saturated carbocycles. The lowest BCUT2D eigenvalue weighted by molar-refractivity contribution is 0.144. The molecule has 0 spiro atoms. The fourth-order valence-corrected chi connectivity index (χ4v) is 3.17. The summed E-state index contributed by atoms with van der Waals surface area (Å²) in [5.41, 5.74) is 0. The van der Waals surface area contributed by atoms with Crippen LogP contribution in [0.25, 0.3) is 0 Å². The van der Waals surface area contributed by atoms with Gasteiger partial charge >= 0.3 is 0 Å². The van der Waals surface area contributed by atoms with Crippen molar-refractivity contribution in [1.29, 1.82) is 0 Å². The van der Waals surface area contributed by atoms with E-state index in [2.05, 4.69) is 12.2 Å². The van der Waals surface area contributed by atoms with Crippen molar-refractivity contribution in [2.24, 2.45) is 0 Å². The molecule has 1 aromatic heterocycles. The number of halogens is 1. The molecule has 2 rings (SSSR count). The summed E-state index contributed by atoms with van der Waals surface area (Å²) in [7, 11) is 0. The van der Waals surface area contributed by atoms with Crippen LogP contribution in [0.5, 0.6) is 0 Å². The monoisotopic (exact) mass is 245 g/mol. The number of aliphatic hydroxyl groups excluding tert-OH is 1. The van der Waals surface area contributed by atoms with Gasteiger partial charge in [-0.15, -0.1) is 11.3 Å². The fourth-order valence-electron chi connectivity index (χ4n) is 2.10. The lowest BCUT2D eigenvalue weighted by Gasteiger charge is -2.21. The lowest BCUT2D eigenvalue weighted by atomic mass is 10.1. The van der Waals surface area contributed by atoms with Crippen LogP contribution in [0.15, 0.2) is 12.1 Å². The van der Waals surface area contributed by atoms with E-state index in [9.17, 15) is 5.11 Å². The highest BCUT2D eigenvalue weighted by molar-refractivity contribution is 7.16. The standard InChI is InChI=1S/C11H16ClNOS/c1-7(10-5-6-11(12)15-10)13-8-3-2-4-9(8)14/h5-9,13-14H,2-4H2,1H3. The fraction of sp³-hybridized carbons (Fsp3) is 0.636. The molecule has 0 aromatic carbocycles. The average molecular weight is 246 g/mol. The summed E-state index contributed by atoms with van der Waals surface area (Å²) in [6, 6.07) is 4.50. The van der Waals surface area contributed by atoms with Crippen molar-refractivity contribution in [3.05, 3.63) is 21.3 Å². The highest BCUT2D eigenvalue weighted by Crippen LogP contribution is 2.28. The third-order valence-electron chi connectivity index (χ3n) is 2.96. The summed E-state index contributed by atoms with van der Waals surface area (Å²) in [6.07, 6.45) is 2.94. The molecule has 1 aliphatic carbocycles. The number of hydrogen-bond acceptors (Lipinski definition) is 3. The summed E-state index contributed by atoms with van der Waals surface area (Å²) in [6.45, 7) is 2.12. The van der Waals surface area contributed by atoms with Crippen LogP contribution in [0.1, 0.15) is 37.1 Å². The molecular weight excluding hydrogens is 230 g/mol. The van der Waals surface area contributed by atoms with E-state index >= 15 is 0 Å². The van der Waals surface area contributed by atoms with E-state index in [-0.39, 0.29) is 18.2 Å². The molecule has 84 valence electrons. The maximum atomic E-state index is 9.70. The van der Waals surface area contributed by atoms with Crippen LogP contribution in [-0.4, -0.2) is 17.3 Å². The minimum absolute atomic E-state index is 0.178. The van der Waals surface area contributed by atoms with Crippen molar-refractivity contribution < 1.29 is 5.11 Å². The van der Waals surface area contributed by atoms with Crippen molar-refractivity contribution in [3.63, 3.8) is 0 Å². The molecule has 0 radical (unpaired) electrons. The zero-order chi connectivity index (χ0) is 10.8. The Bertz CT molecular complexity index is 328. The first-order valence-corrected chi connectivity index (χ1v) is 6.55. The van der Waals surface area contributed by atoms with Gasteiger partial charge in [0.15, 0.2) is 0 Å². The highest BCUT2D eigenvalue weighted by Gasteiger charge is 2.26. The third kappa shape index (κ3) is 2.72. The Kier molecular flexibility index (Phi) is 3.67. The van der Waals surface area contributed by atoms with E-state index in [0.29, 0.717) is 0 Å². The van der Waals surface area contributed by atoms with Gasteiger partial charge in [-0.3, -0.25) is 0 Å². The Morgan fingerprint density at radius 2 is 2.33 bits per heavy atom. The Balaban J connectivity index is 1.94. The minimum Gasteiger partial charge on any atom is -0.392 e. The molecule has 2 N–H and O–H groups in total. The maximum Gasteiger partial charge on any atom is 0.0931 e. The lowest BCUT2D eigenvalue weighted by Crippen LogP contribution is -2.36. The van der Waals surface area contributed by atoms with Gasteiger partial charge in [-0.1, -0.05) is 11.6 Å². The molecule has 15 heavy (non-hydrogen) atoms. The summed E-state index contributed by atoms with van der Waals surface area (Å²) in [4.78, 5) is 1.24. The van der Waals surface area contributed by atoms with E-state index in [1.54, 1.807) is 11.3 Å². The summed E-state index contributed by atoms with van der Waals surface area (Å²) < 4.78 is 0.825. The SMILES string of the molecule is CC(NC1CCCC1O)c1ccc(Cl)s1. The Morgan fingerprint density at radius 1 is 1.53 bits per heavy atom. The molecule has 1 aliphatic rings. The van der Waals surface area contributed by atoms with Crippen LogP contribution in [0, 0.1) is 0 Å². The van der Waals surface area contributed by atoms with Crippen LogP contribution >= 0.6 is 22.9 Å². The quantitative estimate of drug-likeness (QED) is 0.858. The number of aliphatic hydroxyl groups is 1. The highest BCUT2D eigenvalue weighted by atomic mass is 35.5. The number of rotatable bonds is 3. The van der Waals surface area contributed by atoms with Crippen molar-refractivity contribution in [3.8, 4) is 0 Å². The van der Waals surface area contributed by atoms with E-state index in [0.717, 1.165) is 23.6 Å². The molecule has 1 heterocycles. The second-order valence-corrected chi connectivity index (χ2v) is 5.88. The van der Waals surface area contributed by atoms with Gasteiger partial charge in [-0.25, -0.2) is 0 Å². The molecular formula is C11H16ClNOS. The van der Waals surface area contributed by atoms with Crippen LogP contribution in [-0.2, 0) is 0 Å². The molecule has 4 heteroatoms. The second-order valence-electron chi connectivity index (χ2n) is 4.13. The van der Waals surface area contributed by atoms with Crippen LogP contribution in [0.2, 0.25) is 4.34 Å². The summed E-state index contributed by atoms with van der Waals surface area (Å²) in [5.74, 6) is 0. The smallest absolute Gasteiger partial charge is 0.0931 e. The van der Waals surface area contributed by atoms with Gasteiger partial charge in [-0.05, 0) is 38.3 Å². The normalized spacial score (nSPS) is 28.2. The van der Waals surface area contributed by atoms with Gasteiger partial charge in [0.2, 0.25) is 0 Å². The maximum absolute atomic E-state index is 9.70. The first-order valence-electron chi connectivity index (χ1n) is 5.36. The Labute approximate surface area is 99.3 Å². The predicted octanol–water partition coefficient (Wildman–Crippen LogP) is 2.97. The summed E-state index contributed by atoms with van der Waals surface area (Å²) in [5, 5.41) is 13.2. The van der Waals surface area contributed by atoms with Gasteiger partial charge in [0.1, 0.15) is 0 Å². The molecule has 0 amide bonds. The molecule has 1 aromatic rings. The van der Waals surface area contributed by atoms with Crippen LogP contribution < -0.4 is 5.32 Å². The number of hydrogen-bond donors (Lipinski definition) is 2. The van der Waals surface area contributed by atoms with Crippen molar-refractivity contribution in [2.75, 3.05) is 0 Å². The predicted molar refractivity (Wildman–Crippen MR) is 64.5 cm³/mol. The summed E-state index contributed by atoms with van der Waals surface area (Å²) >= 11 is 7.49. The molecule has 3 unspecified atom stereocenters. The van der Waals surface area contributed by atoms with E-state index in [4.69, 9.17) is 11.6 Å². The van der Waals surface area contributed by atoms with Crippen molar-refractivity contribution in [1.82, 2.24) is 5.32 Å². The molecule has 2 nitrogen and oxygen atoms in total. The molecule has 0 aliphatic heterocycles. The first kappa shape index (κ1) is 11.4. The van der Waals surface area contributed by atoms with Crippen molar-refractivity contribution in [2.45, 2.75) is 44.4 Å². The van der Waals surface area contributed by atoms with Gasteiger partial charge in [0, 0.05) is 17.0 Å². The Morgan fingerprint density at radius 3 is 2.87 bits per heavy atom. The largest absolute Gasteiger partial charge is 0.392 e. The number of nitrogens with one attached hydrogen (secondary N) is 1. The second kappa shape index (κ2) is 4.83. The van der Waals surface area contributed by atoms with Crippen LogP contribution in [0.3, 0.4) is 0 Å². The van der Waals surface area contributed by atoms with E-state index in [1.165, 1.54) is 4.88 Å². The van der Waals surface area contributed by atoms with Crippen LogP contribution in [0.4, 0.5) is 0 Å². The number of thiophene rings is 1. The average Bonchev–Trinajstić information content (AvgIpc) is 2.77. The molecule has 0 bridgehead atoms. The van der Waals surface area contributed by atoms with Crippen molar-refractivity contribution >= 4 is 22.9 Å². The van der Waals surface area contributed by atoms with E-state index < -0.39 is 0 Å². The zero-order valence-electron chi connectivity index (χ0n) is 8.74. The Hall–Kier alpha value is -0.0900. The van der Waals surface area contributed by atoms with Gasteiger partial charge < -0.3 is 10.4 Å². The first-order chi connectivity index (χ1) is 7.16. The molecule has 1 fully saturated rings. The van der Waals surface area contributed by atoms with Gasteiger partial charge in [0.25, 0.3) is 0 Å². The zero-order valence-corrected chi connectivity index (χ0v) is 10.3. The third-order valence-corrected chi connectivity index (χ3v) is 4.38. The minimum atomic E-state index is -0.178. The van der Waals surface area contributed by atoms with Gasteiger partial charge in [0.05, 0.1) is 10.4 Å². The molecule has 3 atom stereocenters. The molecule has 0 saturated heterocycles. The van der Waals surface area contributed by atoms with E-state index in [1.807, 2.05) is 12.1 Å². The topological polar surface area (TPSA) is 32.3 Å². The van der Waals surface area contributed by atoms with Gasteiger partial charge in [-0.2, -0.15) is 0 Å².